The summed E-state index contributed by atoms with van der Waals surface area (Å²) < 4.78 is 28.2. The molecule has 0 fully saturated rings. The number of hydrogen-bond acceptors (Lipinski definition) is 16. The number of methoxy groups -OCH3 is 6. The Morgan fingerprint density at radius 2 is 0.983 bits per heavy atom. The molecule has 0 heterocycles. The number of carbonyl (C=O) groups excluding carboxylic acids is 4. The summed E-state index contributed by atoms with van der Waals surface area (Å²) in [5, 5.41) is 40.0. The van der Waals surface area contributed by atoms with Gasteiger partial charge in [0.25, 0.3) is 0 Å². The van der Waals surface area contributed by atoms with E-state index < -0.39 is 52.2 Å². The van der Waals surface area contributed by atoms with Gasteiger partial charge in [0.1, 0.15) is 15.6 Å². The van der Waals surface area contributed by atoms with E-state index in [-0.39, 0.29) is 48.3 Å². The summed E-state index contributed by atoms with van der Waals surface area (Å²) in [6.07, 6.45) is 0. The third-order valence-corrected chi connectivity index (χ3v) is 8.79. The predicted octanol–water partition coefficient (Wildman–Crippen LogP) is 6.48. The molecule has 4 rings (SSSR count). The quantitative estimate of drug-likeness (QED) is 0.0568. The topological polar surface area (TPSA) is 250 Å². The standard InChI is InChI=1S/C17H14ClNO7.C9H7BrClNO5.C8H9BO4.C2H6/c1-24-15-11(17(21)26-3)8-12(18)13(14(15)19(22)23)9-4-6-10(7-5-9)16(20)25-2;1-16-8-4(9(13)17-2)3-5(11)6(10)7(8)12(14)15;1-13-8(10)6-2-4-7(5-3-6)9(11)12;1-2/h4-8H,1-3H3;3H,1-2H3;2-5,11-12H,1H3;1-2H3. The van der Waals surface area contributed by atoms with Gasteiger partial charge in [-0.3, -0.25) is 20.2 Å². The van der Waals surface area contributed by atoms with Crippen molar-refractivity contribution in [1.82, 2.24) is 0 Å². The van der Waals surface area contributed by atoms with Crippen LogP contribution in [0.3, 0.4) is 0 Å². The van der Waals surface area contributed by atoms with Crippen LogP contribution in [0.4, 0.5) is 11.4 Å². The fourth-order valence-electron chi connectivity index (χ4n) is 4.56. The Labute approximate surface area is 350 Å². The van der Waals surface area contributed by atoms with Crippen LogP contribution in [0.2, 0.25) is 10.0 Å². The minimum atomic E-state index is -1.51. The van der Waals surface area contributed by atoms with E-state index in [0.29, 0.717) is 16.6 Å². The van der Waals surface area contributed by atoms with E-state index in [4.69, 9.17) is 42.7 Å². The first-order valence-electron chi connectivity index (χ1n) is 16.1. The Hall–Kier alpha value is -5.80. The molecule has 58 heavy (non-hydrogen) atoms. The highest BCUT2D eigenvalue weighted by atomic mass is 79.9. The number of nitrogens with zero attached hydrogens (tertiary/aromatic N) is 2. The van der Waals surface area contributed by atoms with E-state index in [1.54, 1.807) is 0 Å². The van der Waals surface area contributed by atoms with Gasteiger partial charge in [-0.05, 0) is 63.4 Å². The normalized spacial score (nSPS) is 9.67. The van der Waals surface area contributed by atoms with Gasteiger partial charge in [0.05, 0.1) is 79.2 Å². The number of halogens is 3. The van der Waals surface area contributed by atoms with Gasteiger partial charge >= 0.3 is 42.4 Å². The van der Waals surface area contributed by atoms with Crippen LogP contribution in [-0.4, -0.2) is 93.5 Å². The number of rotatable bonds is 10. The van der Waals surface area contributed by atoms with Crippen LogP contribution < -0.4 is 14.9 Å². The third-order valence-electron chi connectivity index (χ3n) is 7.16. The van der Waals surface area contributed by atoms with Crippen molar-refractivity contribution in [3.05, 3.63) is 118 Å². The predicted molar refractivity (Wildman–Crippen MR) is 215 cm³/mol. The summed E-state index contributed by atoms with van der Waals surface area (Å²) in [6, 6.07) is 14.2. The number of nitro groups is 2. The average Bonchev–Trinajstić information content (AvgIpc) is 3.23. The molecule has 0 aliphatic rings. The number of benzene rings is 4. The molecular formula is C36H36BBrCl2N2O16. The number of carbonyl (C=O) groups is 4. The van der Waals surface area contributed by atoms with Crippen molar-refractivity contribution >= 4 is 87.0 Å². The summed E-state index contributed by atoms with van der Waals surface area (Å²) in [6.45, 7) is 4.00. The second-order valence-electron chi connectivity index (χ2n) is 10.3. The van der Waals surface area contributed by atoms with E-state index in [0.717, 1.165) is 14.2 Å². The van der Waals surface area contributed by atoms with Gasteiger partial charge in [-0.1, -0.05) is 61.3 Å². The molecule has 0 saturated carbocycles. The van der Waals surface area contributed by atoms with Gasteiger partial charge in [0.2, 0.25) is 11.5 Å². The second kappa shape index (κ2) is 24.1. The van der Waals surface area contributed by atoms with Crippen molar-refractivity contribution in [2.45, 2.75) is 13.8 Å². The van der Waals surface area contributed by atoms with Crippen LogP contribution in [0.25, 0.3) is 11.1 Å². The number of ether oxygens (including phenoxy) is 6. The second-order valence-corrected chi connectivity index (χ2v) is 11.9. The van der Waals surface area contributed by atoms with Crippen LogP contribution in [0, 0.1) is 20.2 Å². The molecule has 4 aromatic rings. The zero-order chi connectivity index (χ0) is 44.4. The molecule has 0 amide bonds. The zero-order valence-electron chi connectivity index (χ0n) is 32.0. The molecule has 0 aromatic heterocycles. The molecule has 0 radical (unpaired) electrons. The molecule has 0 spiro atoms. The molecule has 0 unspecified atom stereocenters. The molecule has 18 nitrogen and oxygen atoms in total. The number of esters is 4. The maximum Gasteiger partial charge on any atom is 0.488 e. The lowest BCUT2D eigenvalue weighted by Crippen LogP contribution is -2.29. The first kappa shape index (κ1) is 50.2. The minimum Gasteiger partial charge on any atom is -0.490 e. The number of hydrogen-bond donors (Lipinski definition) is 2. The van der Waals surface area contributed by atoms with E-state index in [1.807, 2.05) is 13.8 Å². The Balaban J connectivity index is 0.000000454. The summed E-state index contributed by atoms with van der Waals surface area (Å²) in [5.41, 5.74) is 0.248. The van der Waals surface area contributed by atoms with Crippen molar-refractivity contribution in [3.63, 3.8) is 0 Å². The SMILES string of the molecule is CC.COC(=O)c1cc(Cl)c(Br)c([N+](=O)[O-])c1OC.COC(=O)c1ccc(-c2c(Cl)cc(C(=O)OC)c(OC)c2[N+](=O)[O-])cc1.COC(=O)c1ccc(B(O)O)cc1. The van der Waals surface area contributed by atoms with E-state index in [1.165, 1.54) is 89.1 Å². The molecule has 0 aliphatic heterocycles. The van der Waals surface area contributed by atoms with Gasteiger partial charge in [0, 0.05) is 0 Å². The van der Waals surface area contributed by atoms with Crippen LogP contribution in [-0.2, 0) is 18.9 Å². The highest BCUT2D eigenvalue weighted by Gasteiger charge is 2.32. The van der Waals surface area contributed by atoms with Gasteiger partial charge in [-0.25, -0.2) is 19.2 Å². The van der Waals surface area contributed by atoms with Gasteiger partial charge < -0.3 is 38.5 Å². The average molecular weight is 914 g/mol. The molecular weight excluding hydrogens is 878 g/mol. The Bertz CT molecular complexity index is 2120. The van der Waals surface area contributed by atoms with Crippen molar-refractivity contribution in [3.8, 4) is 22.6 Å². The largest absolute Gasteiger partial charge is 0.490 e. The van der Waals surface area contributed by atoms with Crippen LogP contribution in [0.15, 0.2) is 65.1 Å². The van der Waals surface area contributed by atoms with Crippen molar-refractivity contribution in [2.75, 3.05) is 42.7 Å². The lowest BCUT2D eigenvalue weighted by molar-refractivity contribution is -0.386. The summed E-state index contributed by atoms with van der Waals surface area (Å²) in [4.78, 5) is 67.0. The van der Waals surface area contributed by atoms with Crippen LogP contribution >= 0.6 is 39.1 Å². The first-order valence-corrected chi connectivity index (χ1v) is 17.6. The monoisotopic (exact) mass is 912 g/mol. The van der Waals surface area contributed by atoms with Gasteiger partial charge in [-0.2, -0.15) is 0 Å². The molecule has 0 saturated heterocycles. The lowest BCUT2D eigenvalue weighted by Gasteiger charge is -2.13. The minimum absolute atomic E-state index is 0.0258. The van der Waals surface area contributed by atoms with E-state index >= 15 is 0 Å². The molecule has 22 heteroatoms. The molecule has 4 aromatic carbocycles. The molecule has 2 N–H and O–H groups in total. The highest BCUT2D eigenvalue weighted by molar-refractivity contribution is 9.10. The van der Waals surface area contributed by atoms with E-state index in [9.17, 15) is 39.4 Å². The third kappa shape index (κ3) is 12.6. The molecule has 0 bridgehead atoms. The fourth-order valence-corrected chi connectivity index (χ4v) is 5.51. The molecule has 0 aliphatic carbocycles. The summed E-state index contributed by atoms with van der Waals surface area (Å²) in [5.74, 6) is -3.04. The highest BCUT2D eigenvalue weighted by Crippen LogP contribution is 2.45. The van der Waals surface area contributed by atoms with E-state index in [2.05, 4.69) is 34.9 Å². The van der Waals surface area contributed by atoms with Crippen molar-refractivity contribution in [1.29, 1.82) is 0 Å². The van der Waals surface area contributed by atoms with Crippen molar-refractivity contribution < 1.29 is 67.5 Å². The van der Waals surface area contributed by atoms with Crippen LogP contribution in [0.5, 0.6) is 11.5 Å². The Kier molecular flexibility index (Phi) is 20.9. The zero-order valence-corrected chi connectivity index (χ0v) is 35.1. The Morgan fingerprint density at radius 3 is 1.33 bits per heavy atom. The van der Waals surface area contributed by atoms with Crippen molar-refractivity contribution in [2.24, 2.45) is 0 Å². The van der Waals surface area contributed by atoms with Gasteiger partial charge in [0.15, 0.2) is 0 Å². The summed E-state index contributed by atoms with van der Waals surface area (Å²) >= 11 is 15.0. The number of nitro benzene ring substituents is 2. The maximum absolute atomic E-state index is 11.9. The summed E-state index contributed by atoms with van der Waals surface area (Å²) in [7, 11) is 5.74. The molecule has 310 valence electrons. The first-order chi connectivity index (χ1) is 27.4. The Morgan fingerprint density at radius 1 is 0.621 bits per heavy atom. The van der Waals surface area contributed by atoms with Gasteiger partial charge in [-0.15, -0.1) is 0 Å². The maximum atomic E-state index is 11.9. The lowest BCUT2D eigenvalue weighted by atomic mass is 9.80. The fraction of sp³-hybridized carbons (Fsp3) is 0.222. The molecule has 0 atom stereocenters. The smallest absolute Gasteiger partial charge is 0.488 e. The van der Waals surface area contributed by atoms with Crippen LogP contribution in [0.1, 0.15) is 55.3 Å².